The van der Waals surface area contributed by atoms with Crippen molar-refractivity contribution in [1.82, 2.24) is 15.0 Å². The summed E-state index contributed by atoms with van der Waals surface area (Å²) in [6, 6.07) is 12.1. The highest BCUT2D eigenvalue weighted by molar-refractivity contribution is 5.90. The first-order chi connectivity index (χ1) is 14.9. The molecule has 2 heterocycles. The average molecular weight is 428 g/mol. The molecule has 0 spiro atoms. The summed E-state index contributed by atoms with van der Waals surface area (Å²) in [5.41, 5.74) is -0.513. The van der Waals surface area contributed by atoms with E-state index in [4.69, 9.17) is 4.52 Å². The number of amides is 1. The van der Waals surface area contributed by atoms with Crippen LogP contribution in [0, 0.1) is 28.8 Å². The van der Waals surface area contributed by atoms with Crippen LogP contribution in [0.5, 0.6) is 5.75 Å². The Hall–Kier alpha value is -3.87. The van der Waals surface area contributed by atoms with Crippen LogP contribution in [0.2, 0.25) is 0 Å². The van der Waals surface area contributed by atoms with E-state index in [1.54, 1.807) is 0 Å². The number of phenolic OH excluding ortho intramolecular Hbond substituents is 1. The van der Waals surface area contributed by atoms with Gasteiger partial charge in [-0.15, -0.1) is 0 Å². The van der Waals surface area contributed by atoms with Gasteiger partial charge >= 0.3 is 0 Å². The third-order valence-electron chi connectivity index (χ3n) is 5.43. The topological polar surface area (TPSA) is 103 Å². The lowest BCUT2D eigenvalue weighted by Gasteiger charge is -2.37. The minimum Gasteiger partial charge on any atom is -0.503 e. The first-order valence-corrected chi connectivity index (χ1v) is 9.33. The van der Waals surface area contributed by atoms with Gasteiger partial charge in [0.05, 0.1) is 17.0 Å². The van der Waals surface area contributed by atoms with E-state index in [9.17, 15) is 28.3 Å². The first kappa shape index (κ1) is 20.4. The van der Waals surface area contributed by atoms with Crippen molar-refractivity contribution in [3.05, 3.63) is 65.2 Å². The number of hydrogen-bond donors (Lipinski definition) is 1. The molecule has 1 aliphatic rings. The lowest BCUT2D eigenvalue weighted by molar-refractivity contribution is 0.0676. The van der Waals surface area contributed by atoms with Crippen molar-refractivity contribution in [2.45, 2.75) is 18.3 Å². The number of carbonyl (C=O) groups excluding carboxylic acids is 1. The zero-order chi connectivity index (χ0) is 22.2. The molecular formula is C21H15F3N4O3. The van der Waals surface area contributed by atoms with Crippen LogP contribution in [0.15, 0.2) is 40.9 Å². The molecule has 4 rings (SSSR count). The molecule has 3 aromatic rings. The summed E-state index contributed by atoms with van der Waals surface area (Å²) in [4.78, 5) is 17.9. The smallest absolute Gasteiger partial charge is 0.295 e. The van der Waals surface area contributed by atoms with E-state index in [1.165, 1.54) is 4.90 Å². The molecule has 0 saturated carbocycles. The Bertz CT molecular complexity index is 1180. The number of aromatic hydroxyl groups is 1. The molecule has 0 unspecified atom stereocenters. The summed E-state index contributed by atoms with van der Waals surface area (Å²) < 4.78 is 45.7. The highest BCUT2D eigenvalue weighted by atomic mass is 19.2. The number of likely N-dealkylation sites (tertiary alicyclic amines) is 1. The van der Waals surface area contributed by atoms with Gasteiger partial charge in [0.2, 0.25) is 5.82 Å². The molecule has 2 aromatic carbocycles. The second-order valence-corrected chi connectivity index (χ2v) is 7.16. The summed E-state index contributed by atoms with van der Waals surface area (Å²) >= 11 is 0. The highest BCUT2D eigenvalue weighted by Crippen LogP contribution is 2.35. The minimum absolute atomic E-state index is 0.255. The second kappa shape index (κ2) is 7.75. The molecule has 1 aliphatic heterocycles. The lowest BCUT2D eigenvalue weighted by atomic mass is 9.74. The number of carbonyl (C=O) groups is 1. The van der Waals surface area contributed by atoms with Crippen molar-refractivity contribution in [2.75, 3.05) is 13.1 Å². The SMILES string of the molecule is N#CC1(c2ccccc2)CCN(C(=O)c2noc(-c3cc(F)c(F)c(O)c3F)n2)CC1. The molecule has 1 saturated heterocycles. The second-order valence-electron chi connectivity index (χ2n) is 7.16. The van der Waals surface area contributed by atoms with Gasteiger partial charge in [-0.05, 0) is 24.5 Å². The van der Waals surface area contributed by atoms with Crippen LogP contribution >= 0.6 is 0 Å². The number of aromatic nitrogens is 2. The molecule has 0 aliphatic carbocycles. The molecule has 0 radical (unpaired) electrons. The summed E-state index contributed by atoms with van der Waals surface area (Å²) in [6.45, 7) is 0.511. The van der Waals surface area contributed by atoms with Crippen LogP contribution in [-0.4, -0.2) is 39.1 Å². The van der Waals surface area contributed by atoms with E-state index in [0.29, 0.717) is 18.9 Å². The van der Waals surface area contributed by atoms with Crippen molar-refractivity contribution in [2.24, 2.45) is 0 Å². The number of nitrogens with zero attached hydrogens (tertiary/aromatic N) is 4. The molecule has 7 nitrogen and oxygen atoms in total. The Balaban J connectivity index is 1.53. The molecule has 1 fully saturated rings. The maximum absolute atomic E-state index is 14.1. The summed E-state index contributed by atoms with van der Waals surface area (Å²) in [7, 11) is 0. The Morgan fingerprint density at radius 2 is 1.84 bits per heavy atom. The van der Waals surface area contributed by atoms with Crippen molar-refractivity contribution in [3.63, 3.8) is 0 Å². The zero-order valence-corrected chi connectivity index (χ0v) is 16.0. The highest BCUT2D eigenvalue weighted by Gasteiger charge is 2.38. The van der Waals surface area contributed by atoms with Gasteiger partial charge in [0.15, 0.2) is 17.4 Å². The monoisotopic (exact) mass is 428 g/mol. The molecule has 1 N–H and O–H groups in total. The van der Waals surface area contributed by atoms with Crippen molar-refractivity contribution in [3.8, 4) is 23.3 Å². The molecule has 31 heavy (non-hydrogen) atoms. The Kier molecular flexibility index (Phi) is 5.10. The van der Waals surface area contributed by atoms with E-state index in [1.807, 2.05) is 30.3 Å². The summed E-state index contributed by atoms with van der Waals surface area (Å²) in [5.74, 6) is -7.85. The van der Waals surface area contributed by atoms with Gasteiger partial charge < -0.3 is 14.5 Å². The molecule has 0 bridgehead atoms. The van der Waals surface area contributed by atoms with Crippen molar-refractivity contribution >= 4 is 5.91 Å². The standard InChI is InChI=1S/C21H15F3N4O3/c22-14-10-13(15(23)17(29)16(14)24)19-26-18(27-31-19)20(30)28-8-6-21(11-25,7-9-28)12-4-2-1-3-5-12/h1-5,10,29H,6-9H2. The van der Waals surface area contributed by atoms with Gasteiger partial charge in [-0.3, -0.25) is 4.79 Å². The van der Waals surface area contributed by atoms with Crippen LogP contribution in [0.3, 0.4) is 0 Å². The van der Waals surface area contributed by atoms with E-state index in [2.05, 4.69) is 16.2 Å². The number of nitriles is 1. The number of halogens is 3. The molecule has 1 amide bonds. The molecule has 0 atom stereocenters. The molecule has 158 valence electrons. The Morgan fingerprint density at radius 1 is 1.16 bits per heavy atom. The Morgan fingerprint density at radius 3 is 2.48 bits per heavy atom. The van der Waals surface area contributed by atoms with Crippen LogP contribution in [0.4, 0.5) is 13.2 Å². The van der Waals surface area contributed by atoms with Gasteiger partial charge in [-0.1, -0.05) is 35.5 Å². The third-order valence-corrected chi connectivity index (χ3v) is 5.43. The molecular weight excluding hydrogens is 413 g/mol. The fraction of sp³-hybridized carbons (Fsp3) is 0.238. The number of benzene rings is 2. The largest absolute Gasteiger partial charge is 0.503 e. The van der Waals surface area contributed by atoms with Gasteiger partial charge in [-0.2, -0.15) is 14.6 Å². The van der Waals surface area contributed by atoms with Gasteiger partial charge in [0.25, 0.3) is 17.6 Å². The number of piperidine rings is 1. The predicted octanol–water partition coefficient (Wildman–Crippen LogP) is 3.56. The summed E-state index contributed by atoms with van der Waals surface area (Å²) in [5, 5.41) is 22.6. The third kappa shape index (κ3) is 3.48. The average Bonchev–Trinajstić information content (AvgIpc) is 3.30. The predicted molar refractivity (Wildman–Crippen MR) is 100 cm³/mol. The molecule has 1 aromatic heterocycles. The van der Waals surface area contributed by atoms with Gasteiger partial charge in [0.1, 0.15) is 0 Å². The van der Waals surface area contributed by atoms with E-state index in [-0.39, 0.29) is 13.1 Å². The summed E-state index contributed by atoms with van der Waals surface area (Å²) in [6.07, 6.45) is 0.797. The van der Waals surface area contributed by atoms with Gasteiger partial charge in [-0.25, -0.2) is 8.78 Å². The quantitative estimate of drug-likeness (QED) is 0.640. The zero-order valence-electron chi connectivity index (χ0n) is 16.0. The van der Waals surface area contributed by atoms with Crippen LogP contribution < -0.4 is 0 Å². The van der Waals surface area contributed by atoms with Crippen LogP contribution in [-0.2, 0) is 5.41 Å². The van der Waals surface area contributed by atoms with Gasteiger partial charge in [0, 0.05) is 13.1 Å². The lowest BCUT2D eigenvalue weighted by Crippen LogP contribution is -2.44. The Labute approximate surface area is 174 Å². The van der Waals surface area contributed by atoms with E-state index in [0.717, 1.165) is 5.56 Å². The van der Waals surface area contributed by atoms with E-state index >= 15 is 0 Å². The number of hydrogen-bond acceptors (Lipinski definition) is 6. The number of phenols is 1. The normalized spacial score (nSPS) is 15.5. The van der Waals surface area contributed by atoms with Crippen molar-refractivity contribution < 1.29 is 27.6 Å². The maximum Gasteiger partial charge on any atom is 0.295 e. The maximum atomic E-state index is 14.1. The van der Waals surface area contributed by atoms with E-state index < -0.39 is 51.8 Å². The first-order valence-electron chi connectivity index (χ1n) is 9.33. The fourth-order valence-corrected chi connectivity index (χ4v) is 3.62. The minimum atomic E-state index is -1.75. The van der Waals surface area contributed by atoms with Crippen LogP contribution in [0.25, 0.3) is 11.5 Å². The molecule has 10 heteroatoms. The fourth-order valence-electron chi connectivity index (χ4n) is 3.62. The van der Waals surface area contributed by atoms with Crippen LogP contribution in [0.1, 0.15) is 29.0 Å². The van der Waals surface area contributed by atoms with Crippen molar-refractivity contribution in [1.29, 1.82) is 5.26 Å². The number of rotatable bonds is 3.